The van der Waals surface area contributed by atoms with Gasteiger partial charge in [0.25, 0.3) is 0 Å². The number of nitrogens with zero attached hydrogens (tertiary/aromatic N) is 2. The summed E-state index contributed by atoms with van der Waals surface area (Å²) >= 11 is 0. The summed E-state index contributed by atoms with van der Waals surface area (Å²) in [7, 11) is 6.29. The van der Waals surface area contributed by atoms with Crippen LogP contribution < -0.4 is 14.4 Å². The molecule has 0 spiro atoms. The molecular formula is C16H18N2O4. The summed E-state index contributed by atoms with van der Waals surface area (Å²) in [6.07, 6.45) is 0. The molecule has 0 unspecified atom stereocenters. The fourth-order valence-electron chi connectivity index (χ4n) is 2.00. The van der Waals surface area contributed by atoms with E-state index in [1.807, 2.05) is 31.3 Å². The van der Waals surface area contributed by atoms with Gasteiger partial charge in [0, 0.05) is 18.8 Å². The SMILES string of the molecule is COC(=O)c1ccc(OC)nc1N(C)c1ccc(OC)cc1. The van der Waals surface area contributed by atoms with Gasteiger partial charge in [0.05, 0.1) is 21.3 Å². The average molecular weight is 302 g/mol. The quantitative estimate of drug-likeness (QED) is 0.791. The van der Waals surface area contributed by atoms with Gasteiger partial charge in [0.1, 0.15) is 11.3 Å². The number of pyridine rings is 1. The molecule has 6 nitrogen and oxygen atoms in total. The number of benzene rings is 1. The van der Waals surface area contributed by atoms with Gasteiger partial charge in [-0.05, 0) is 30.3 Å². The van der Waals surface area contributed by atoms with Crippen molar-refractivity contribution in [1.29, 1.82) is 0 Å². The zero-order chi connectivity index (χ0) is 16.1. The second kappa shape index (κ2) is 6.80. The van der Waals surface area contributed by atoms with Crippen molar-refractivity contribution in [3.05, 3.63) is 42.0 Å². The minimum absolute atomic E-state index is 0.363. The fraction of sp³-hybridized carbons (Fsp3) is 0.250. The minimum atomic E-state index is -0.453. The van der Waals surface area contributed by atoms with Crippen LogP contribution in [0, 0.1) is 0 Å². The molecule has 0 fully saturated rings. The van der Waals surface area contributed by atoms with Crippen LogP contribution in [0.4, 0.5) is 11.5 Å². The zero-order valence-corrected chi connectivity index (χ0v) is 13.0. The molecule has 0 saturated carbocycles. The summed E-state index contributed by atoms with van der Waals surface area (Å²) in [5.41, 5.74) is 1.22. The second-order valence-electron chi connectivity index (χ2n) is 4.47. The Morgan fingerprint density at radius 1 is 1.00 bits per heavy atom. The number of anilines is 2. The predicted molar refractivity (Wildman–Crippen MR) is 83.2 cm³/mol. The van der Waals surface area contributed by atoms with E-state index in [0.29, 0.717) is 17.3 Å². The highest BCUT2D eigenvalue weighted by Crippen LogP contribution is 2.29. The Hall–Kier alpha value is -2.76. The number of carbonyl (C=O) groups is 1. The number of aromatic nitrogens is 1. The summed E-state index contributed by atoms with van der Waals surface area (Å²) in [6, 6.07) is 10.7. The monoisotopic (exact) mass is 302 g/mol. The van der Waals surface area contributed by atoms with Crippen molar-refractivity contribution >= 4 is 17.5 Å². The summed E-state index contributed by atoms with van der Waals surface area (Å²) in [5, 5.41) is 0. The van der Waals surface area contributed by atoms with E-state index in [9.17, 15) is 4.79 Å². The number of esters is 1. The molecule has 2 aromatic rings. The molecule has 0 aliphatic heterocycles. The Kier molecular flexibility index (Phi) is 4.83. The Labute approximate surface area is 129 Å². The lowest BCUT2D eigenvalue weighted by molar-refractivity contribution is 0.0601. The third-order valence-electron chi connectivity index (χ3n) is 3.24. The predicted octanol–water partition coefficient (Wildman–Crippen LogP) is 2.65. The fourth-order valence-corrected chi connectivity index (χ4v) is 2.00. The molecule has 0 bridgehead atoms. The van der Waals surface area contributed by atoms with Crippen molar-refractivity contribution in [2.45, 2.75) is 0 Å². The molecule has 0 N–H and O–H groups in total. The van der Waals surface area contributed by atoms with Gasteiger partial charge in [-0.2, -0.15) is 4.98 Å². The number of rotatable bonds is 5. The van der Waals surface area contributed by atoms with Gasteiger partial charge in [-0.3, -0.25) is 0 Å². The van der Waals surface area contributed by atoms with E-state index in [2.05, 4.69) is 4.98 Å². The van der Waals surface area contributed by atoms with Crippen LogP contribution in [0.15, 0.2) is 36.4 Å². The van der Waals surface area contributed by atoms with Gasteiger partial charge < -0.3 is 19.1 Å². The molecule has 1 aromatic heterocycles. The molecule has 0 saturated heterocycles. The maximum absolute atomic E-state index is 11.9. The molecule has 0 radical (unpaired) electrons. The Balaban J connectivity index is 2.45. The molecule has 116 valence electrons. The topological polar surface area (TPSA) is 60.9 Å². The molecular weight excluding hydrogens is 284 g/mol. The van der Waals surface area contributed by atoms with E-state index in [-0.39, 0.29) is 0 Å². The normalized spacial score (nSPS) is 10.0. The third-order valence-corrected chi connectivity index (χ3v) is 3.24. The first-order valence-corrected chi connectivity index (χ1v) is 6.61. The Morgan fingerprint density at radius 3 is 2.23 bits per heavy atom. The molecule has 0 atom stereocenters. The van der Waals surface area contributed by atoms with Gasteiger partial charge >= 0.3 is 5.97 Å². The van der Waals surface area contributed by atoms with E-state index in [1.165, 1.54) is 14.2 Å². The summed E-state index contributed by atoms with van der Waals surface area (Å²) in [4.78, 5) is 18.1. The largest absolute Gasteiger partial charge is 0.497 e. The van der Waals surface area contributed by atoms with Crippen LogP contribution in [-0.4, -0.2) is 39.3 Å². The highest BCUT2D eigenvalue weighted by atomic mass is 16.5. The van der Waals surface area contributed by atoms with E-state index >= 15 is 0 Å². The van der Waals surface area contributed by atoms with Crippen molar-refractivity contribution in [1.82, 2.24) is 4.98 Å². The van der Waals surface area contributed by atoms with Crippen LogP contribution in [0.5, 0.6) is 11.6 Å². The second-order valence-corrected chi connectivity index (χ2v) is 4.47. The molecule has 2 rings (SSSR count). The highest BCUT2D eigenvalue weighted by molar-refractivity contribution is 5.95. The lowest BCUT2D eigenvalue weighted by atomic mass is 10.2. The first-order valence-electron chi connectivity index (χ1n) is 6.61. The Bertz CT molecular complexity index is 656. The van der Waals surface area contributed by atoms with E-state index < -0.39 is 5.97 Å². The smallest absolute Gasteiger partial charge is 0.341 e. The summed E-state index contributed by atoms with van der Waals surface area (Å²) < 4.78 is 15.1. The molecule has 0 aliphatic rings. The number of hydrogen-bond acceptors (Lipinski definition) is 6. The molecule has 0 aliphatic carbocycles. The van der Waals surface area contributed by atoms with Gasteiger partial charge in [0.15, 0.2) is 5.82 Å². The first kappa shape index (κ1) is 15.6. The molecule has 22 heavy (non-hydrogen) atoms. The van der Waals surface area contributed by atoms with Crippen LogP contribution in [0.25, 0.3) is 0 Å². The zero-order valence-electron chi connectivity index (χ0n) is 13.0. The maximum atomic E-state index is 11.9. The summed E-state index contributed by atoms with van der Waals surface area (Å²) in [5.74, 6) is 1.17. The van der Waals surface area contributed by atoms with Crippen molar-refractivity contribution in [3.8, 4) is 11.6 Å². The van der Waals surface area contributed by atoms with E-state index in [4.69, 9.17) is 14.2 Å². The molecule has 6 heteroatoms. The molecule has 1 heterocycles. The van der Waals surface area contributed by atoms with Gasteiger partial charge in [-0.1, -0.05) is 0 Å². The number of carbonyl (C=O) groups excluding carboxylic acids is 1. The van der Waals surface area contributed by atoms with Crippen molar-refractivity contribution in [3.63, 3.8) is 0 Å². The highest BCUT2D eigenvalue weighted by Gasteiger charge is 2.18. The lowest BCUT2D eigenvalue weighted by Gasteiger charge is -2.21. The van der Waals surface area contributed by atoms with Gasteiger partial charge in [-0.25, -0.2) is 4.79 Å². The van der Waals surface area contributed by atoms with Crippen LogP contribution in [0.3, 0.4) is 0 Å². The standard InChI is InChI=1S/C16H18N2O4/c1-18(11-5-7-12(20-2)8-6-11)15-13(16(19)22-4)9-10-14(17-15)21-3/h5-10H,1-4H3. The third kappa shape index (κ3) is 3.11. The van der Waals surface area contributed by atoms with E-state index in [0.717, 1.165) is 11.4 Å². The van der Waals surface area contributed by atoms with E-state index in [1.54, 1.807) is 24.1 Å². The molecule has 0 amide bonds. The van der Waals surface area contributed by atoms with Crippen LogP contribution in [-0.2, 0) is 4.74 Å². The maximum Gasteiger partial charge on any atom is 0.341 e. The van der Waals surface area contributed by atoms with Crippen LogP contribution in [0.2, 0.25) is 0 Å². The molecule has 1 aromatic carbocycles. The number of hydrogen-bond donors (Lipinski definition) is 0. The van der Waals surface area contributed by atoms with Gasteiger partial charge in [-0.15, -0.1) is 0 Å². The van der Waals surface area contributed by atoms with Gasteiger partial charge in [0.2, 0.25) is 5.88 Å². The van der Waals surface area contributed by atoms with Crippen LogP contribution in [0.1, 0.15) is 10.4 Å². The Morgan fingerprint density at radius 2 is 1.68 bits per heavy atom. The van der Waals surface area contributed by atoms with Crippen LogP contribution >= 0.6 is 0 Å². The average Bonchev–Trinajstić information content (AvgIpc) is 2.59. The number of methoxy groups -OCH3 is 3. The number of ether oxygens (including phenoxy) is 3. The van der Waals surface area contributed by atoms with Crippen molar-refractivity contribution in [2.24, 2.45) is 0 Å². The summed E-state index contributed by atoms with van der Waals surface area (Å²) in [6.45, 7) is 0. The lowest BCUT2D eigenvalue weighted by Crippen LogP contribution is -2.17. The first-order chi connectivity index (χ1) is 10.6. The minimum Gasteiger partial charge on any atom is -0.497 e. The van der Waals surface area contributed by atoms with Crippen molar-refractivity contribution < 1.29 is 19.0 Å². The van der Waals surface area contributed by atoms with Crippen molar-refractivity contribution in [2.75, 3.05) is 33.3 Å².